The van der Waals surface area contributed by atoms with Crippen LogP contribution in [0.3, 0.4) is 0 Å². The van der Waals surface area contributed by atoms with E-state index in [1.807, 2.05) is 6.92 Å². The summed E-state index contributed by atoms with van der Waals surface area (Å²) < 4.78 is 11.9. The van der Waals surface area contributed by atoms with Gasteiger partial charge >= 0.3 is 0 Å². The number of hydrogen-bond donors (Lipinski definition) is 0. The fourth-order valence-corrected chi connectivity index (χ4v) is 2.97. The minimum atomic E-state index is -1.97. The van der Waals surface area contributed by atoms with Crippen molar-refractivity contribution < 1.29 is 14.0 Å². The van der Waals surface area contributed by atoms with Crippen LogP contribution in [0.4, 0.5) is 0 Å². The Hall–Kier alpha value is -0.193. The molecule has 2 atom stereocenters. The zero-order chi connectivity index (χ0) is 15.3. The van der Waals surface area contributed by atoms with E-state index >= 15 is 0 Å². The van der Waals surface area contributed by atoms with Crippen molar-refractivity contribution in [2.45, 2.75) is 83.7 Å². The van der Waals surface area contributed by atoms with E-state index in [0.717, 1.165) is 25.5 Å². The summed E-state index contributed by atoms with van der Waals surface area (Å²) >= 11 is 0. The maximum atomic E-state index is 11.5. The van der Waals surface area contributed by atoms with Crippen LogP contribution >= 0.6 is 0 Å². The van der Waals surface area contributed by atoms with Gasteiger partial charge in [0.2, 0.25) is 0 Å². The van der Waals surface area contributed by atoms with Gasteiger partial charge in [-0.25, -0.2) is 0 Å². The maximum absolute atomic E-state index is 11.5. The molecule has 0 aliphatic carbocycles. The number of methoxy groups -OCH3 is 1. The van der Waals surface area contributed by atoms with Crippen molar-refractivity contribution in [3.63, 3.8) is 0 Å². The van der Waals surface area contributed by atoms with Crippen LogP contribution in [0.1, 0.15) is 53.9 Å². The van der Waals surface area contributed by atoms with E-state index in [9.17, 15) is 4.79 Å². The van der Waals surface area contributed by atoms with Crippen molar-refractivity contribution >= 4 is 14.6 Å². The molecule has 3 nitrogen and oxygen atoms in total. The van der Waals surface area contributed by atoms with Gasteiger partial charge in [0.15, 0.2) is 8.32 Å². The predicted octanol–water partition coefficient (Wildman–Crippen LogP) is 4.17. The lowest BCUT2D eigenvalue weighted by molar-refractivity contribution is -0.132. The molecule has 0 amide bonds. The molecule has 0 aromatic heterocycles. The molecular formula is C15H32O3Si. The molecule has 0 N–H and O–H groups in total. The molecule has 0 aromatic rings. The summed E-state index contributed by atoms with van der Waals surface area (Å²) in [5, 5.41) is 0.0909. The molecule has 0 aliphatic rings. The smallest absolute Gasteiger partial charge is 0.193 e. The summed E-state index contributed by atoms with van der Waals surface area (Å²) in [6.45, 7) is 15.0. The van der Waals surface area contributed by atoms with Gasteiger partial charge in [-0.2, -0.15) is 0 Å². The largest absolute Gasteiger partial charge is 0.404 e. The van der Waals surface area contributed by atoms with E-state index in [1.54, 1.807) is 7.11 Å². The van der Waals surface area contributed by atoms with Gasteiger partial charge in [0.05, 0.1) is 5.60 Å². The first-order valence-electron chi connectivity index (χ1n) is 7.22. The molecule has 0 aliphatic heterocycles. The Kier molecular flexibility index (Phi) is 6.93. The van der Waals surface area contributed by atoms with Crippen LogP contribution in [-0.2, 0) is 14.0 Å². The predicted molar refractivity (Wildman–Crippen MR) is 83.1 cm³/mol. The molecular weight excluding hydrogens is 256 g/mol. The average Bonchev–Trinajstić information content (AvgIpc) is 2.31. The summed E-state index contributed by atoms with van der Waals surface area (Å²) in [6.07, 6.45) is 3.41. The lowest BCUT2D eigenvalue weighted by Crippen LogP contribution is -2.52. The van der Waals surface area contributed by atoms with Crippen LogP contribution in [0.15, 0.2) is 0 Å². The molecule has 0 radical (unpaired) electrons. The van der Waals surface area contributed by atoms with Gasteiger partial charge in [0.25, 0.3) is 0 Å². The number of rotatable bonds is 8. The topological polar surface area (TPSA) is 35.5 Å². The summed E-state index contributed by atoms with van der Waals surface area (Å²) in [5.41, 5.74) is -0.521. The Morgan fingerprint density at radius 1 is 1.21 bits per heavy atom. The number of ether oxygens (including phenoxy) is 1. The van der Waals surface area contributed by atoms with Crippen molar-refractivity contribution in [2.75, 3.05) is 7.11 Å². The van der Waals surface area contributed by atoms with Crippen molar-refractivity contribution in [1.82, 2.24) is 0 Å². The van der Waals surface area contributed by atoms with E-state index in [1.165, 1.54) is 0 Å². The van der Waals surface area contributed by atoms with Gasteiger partial charge in [-0.3, -0.25) is 0 Å². The Bertz CT molecular complexity index is 284. The lowest BCUT2D eigenvalue weighted by Gasteiger charge is -2.43. The van der Waals surface area contributed by atoms with E-state index in [-0.39, 0.29) is 5.04 Å². The van der Waals surface area contributed by atoms with E-state index in [4.69, 9.17) is 9.16 Å². The number of hydrogen-bond acceptors (Lipinski definition) is 3. The van der Waals surface area contributed by atoms with Crippen LogP contribution in [0.5, 0.6) is 0 Å². The molecule has 0 fully saturated rings. The molecule has 4 heteroatoms. The van der Waals surface area contributed by atoms with E-state index in [2.05, 4.69) is 40.8 Å². The molecule has 0 unspecified atom stereocenters. The van der Waals surface area contributed by atoms with Crippen LogP contribution < -0.4 is 0 Å². The van der Waals surface area contributed by atoms with Gasteiger partial charge in [-0.05, 0) is 31.5 Å². The fraction of sp³-hybridized carbons (Fsp3) is 0.933. The summed E-state index contributed by atoms with van der Waals surface area (Å²) in [4.78, 5) is 11.5. The van der Waals surface area contributed by atoms with Crippen molar-refractivity contribution in [3.05, 3.63) is 0 Å². The monoisotopic (exact) mass is 288 g/mol. The molecule has 0 rings (SSSR count). The normalized spacial score (nSPS) is 17.9. The molecule has 0 saturated carbocycles. The zero-order valence-electron chi connectivity index (χ0n) is 14.0. The zero-order valence-corrected chi connectivity index (χ0v) is 15.0. The quantitative estimate of drug-likeness (QED) is 0.497. The number of aldehydes is 1. The highest BCUT2D eigenvalue weighted by Gasteiger charge is 2.44. The third kappa shape index (κ3) is 5.01. The molecule has 0 bridgehead atoms. The second kappa shape index (κ2) is 7.00. The van der Waals surface area contributed by atoms with Crippen molar-refractivity contribution in [3.8, 4) is 0 Å². The van der Waals surface area contributed by atoms with Crippen LogP contribution in [0.25, 0.3) is 0 Å². The summed E-state index contributed by atoms with van der Waals surface area (Å²) in [7, 11) is -0.298. The van der Waals surface area contributed by atoms with Crippen LogP contribution in [0.2, 0.25) is 18.1 Å². The van der Waals surface area contributed by atoms with Crippen LogP contribution in [-0.4, -0.2) is 33.4 Å². The Morgan fingerprint density at radius 2 is 1.74 bits per heavy atom. The second-order valence-corrected chi connectivity index (χ2v) is 11.8. The second-order valence-electron chi connectivity index (χ2n) is 7.06. The highest BCUT2D eigenvalue weighted by molar-refractivity contribution is 6.74. The maximum Gasteiger partial charge on any atom is 0.193 e. The van der Waals surface area contributed by atoms with E-state index in [0.29, 0.717) is 0 Å². The summed E-state index contributed by atoms with van der Waals surface area (Å²) in [6, 6.07) is 0. The average molecular weight is 289 g/mol. The fourth-order valence-electron chi connectivity index (χ4n) is 1.68. The first-order chi connectivity index (χ1) is 8.54. The van der Waals surface area contributed by atoms with Gasteiger partial charge in [-0.1, -0.05) is 40.5 Å². The molecule has 0 saturated heterocycles. The third-order valence-electron chi connectivity index (χ3n) is 4.45. The number of carbonyl (C=O) groups excluding carboxylic acids is 1. The van der Waals surface area contributed by atoms with Crippen molar-refractivity contribution in [2.24, 2.45) is 0 Å². The molecule has 114 valence electrons. The minimum Gasteiger partial charge on any atom is -0.404 e. The number of unbranched alkanes of at least 4 members (excludes halogenated alkanes) is 1. The van der Waals surface area contributed by atoms with Crippen molar-refractivity contribution in [1.29, 1.82) is 0 Å². The highest BCUT2D eigenvalue weighted by atomic mass is 28.4. The van der Waals surface area contributed by atoms with Gasteiger partial charge in [0, 0.05) is 7.11 Å². The lowest BCUT2D eigenvalue weighted by atomic mass is 9.93. The standard InChI is InChI=1S/C15H32O3Si/c1-9-10-11-15(5,17-6)13(12-16)18-19(7,8)14(2,3)4/h12-13H,9-11H2,1-8H3/t13-,15+/m0/s1. The Labute approximate surface area is 120 Å². The van der Waals surface area contributed by atoms with Gasteiger partial charge in [0.1, 0.15) is 12.4 Å². The van der Waals surface area contributed by atoms with E-state index < -0.39 is 20.0 Å². The Balaban J connectivity index is 5.04. The molecule has 0 aromatic carbocycles. The van der Waals surface area contributed by atoms with Crippen LogP contribution in [0, 0.1) is 0 Å². The third-order valence-corrected chi connectivity index (χ3v) is 8.90. The first kappa shape index (κ1) is 18.8. The Morgan fingerprint density at radius 3 is 2.05 bits per heavy atom. The SMILES string of the molecule is CCCC[C@@](C)(OC)[C@H](C=O)O[Si](C)(C)C(C)(C)C. The molecule has 19 heavy (non-hydrogen) atoms. The van der Waals surface area contributed by atoms with Gasteiger partial charge < -0.3 is 14.0 Å². The first-order valence-corrected chi connectivity index (χ1v) is 10.1. The highest BCUT2D eigenvalue weighted by Crippen LogP contribution is 2.39. The minimum absolute atomic E-state index is 0.0909. The van der Waals surface area contributed by atoms with Gasteiger partial charge in [-0.15, -0.1) is 0 Å². The molecule has 0 heterocycles. The summed E-state index contributed by atoms with van der Waals surface area (Å²) in [5.74, 6) is 0. The number of carbonyl (C=O) groups is 1. The molecule has 0 spiro atoms.